The van der Waals surface area contributed by atoms with Crippen molar-refractivity contribution in [3.8, 4) is 5.75 Å². The molecule has 2 aromatic carbocycles. The van der Waals surface area contributed by atoms with Crippen molar-refractivity contribution < 1.29 is 14.7 Å². The third-order valence-corrected chi connectivity index (χ3v) is 8.15. The molecular weight excluding hydrogens is 498 g/mol. The Bertz CT molecular complexity index is 1390. The molecule has 1 atom stereocenters. The van der Waals surface area contributed by atoms with Crippen molar-refractivity contribution in [2.45, 2.75) is 57.8 Å². The molecule has 1 aromatic heterocycles. The van der Waals surface area contributed by atoms with Crippen LogP contribution in [0.5, 0.6) is 5.75 Å². The Morgan fingerprint density at radius 1 is 1.00 bits per heavy atom. The molecule has 3 aromatic rings. The first-order chi connectivity index (χ1) is 18.3. The van der Waals surface area contributed by atoms with Crippen LogP contribution in [0.3, 0.4) is 0 Å². The maximum atomic E-state index is 13.9. The normalized spacial score (nSPS) is 17.2. The molecule has 2 heterocycles. The van der Waals surface area contributed by atoms with E-state index in [4.69, 9.17) is 0 Å². The minimum Gasteiger partial charge on any atom is -0.502 e. The van der Waals surface area contributed by atoms with Crippen molar-refractivity contribution in [3.05, 3.63) is 99.0 Å². The lowest BCUT2D eigenvalue weighted by molar-refractivity contribution is -0.117. The maximum Gasteiger partial charge on any atom is 0.278 e. The van der Waals surface area contributed by atoms with E-state index in [2.05, 4.69) is 29.3 Å². The fourth-order valence-electron chi connectivity index (χ4n) is 5.89. The smallest absolute Gasteiger partial charge is 0.278 e. The van der Waals surface area contributed by atoms with Crippen LogP contribution in [-0.2, 0) is 17.6 Å². The molecule has 2 aliphatic rings. The molecule has 0 spiro atoms. The molecule has 1 unspecified atom stereocenters. The van der Waals surface area contributed by atoms with Crippen molar-refractivity contribution in [3.63, 3.8) is 0 Å². The number of hydrogen-bond donors (Lipinski definition) is 1. The molecule has 1 N–H and O–H groups in total. The topological polar surface area (TPSA) is 82.9 Å². The zero-order chi connectivity index (χ0) is 27.0. The molecule has 1 aliphatic heterocycles. The van der Waals surface area contributed by atoms with Crippen LogP contribution >= 0.6 is 11.8 Å². The Kier molecular flexibility index (Phi) is 7.34. The van der Waals surface area contributed by atoms with Gasteiger partial charge in [-0.25, -0.2) is 0 Å². The number of Topliss-reactive ketones (excluding diaryl/α,β-unsaturated/α-hetero) is 1. The first-order valence-electron chi connectivity index (χ1n) is 13.1. The van der Waals surface area contributed by atoms with Gasteiger partial charge in [0, 0.05) is 24.7 Å². The van der Waals surface area contributed by atoms with E-state index < -0.39 is 23.3 Å². The van der Waals surface area contributed by atoms with E-state index in [1.807, 2.05) is 44.4 Å². The molecule has 0 fully saturated rings. The molecule has 5 rings (SSSR count). The van der Waals surface area contributed by atoms with Crippen LogP contribution in [0, 0.1) is 0 Å². The molecular formula is C30H33N3O4S. The van der Waals surface area contributed by atoms with Crippen molar-refractivity contribution in [1.82, 2.24) is 9.58 Å². The van der Waals surface area contributed by atoms with E-state index >= 15 is 0 Å². The molecule has 0 saturated carbocycles. The molecule has 0 saturated heterocycles. The number of rotatable bonds is 7. The average Bonchev–Trinajstić information content (AvgIpc) is 3.06. The minimum atomic E-state index is -0.594. The molecule has 1 amide bonds. The van der Waals surface area contributed by atoms with Crippen molar-refractivity contribution in [2.75, 3.05) is 17.0 Å². The summed E-state index contributed by atoms with van der Waals surface area (Å²) in [5, 5.41) is 13.0. The number of nitrogens with zero attached hydrogens (tertiary/aromatic N) is 3. The van der Waals surface area contributed by atoms with Gasteiger partial charge in [0.2, 0.25) is 5.43 Å². The summed E-state index contributed by atoms with van der Waals surface area (Å²) in [6.07, 6.45) is 5.51. The molecule has 8 heteroatoms. The number of pyridine rings is 1. The van der Waals surface area contributed by atoms with Gasteiger partial charge in [-0.1, -0.05) is 48.5 Å². The Hall–Kier alpha value is -3.52. The predicted octanol–water partition coefficient (Wildman–Crippen LogP) is 4.28. The lowest BCUT2D eigenvalue weighted by atomic mass is 9.92. The number of fused-ring (bicyclic) bond motifs is 3. The van der Waals surface area contributed by atoms with Gasteiger partial charge in [0.25, 0.3) is 5.91 Å². The summed E-state index contributed by atoms with van der Waals surface area (Å²) in [7, 11) is 0. The predicted molar refractivity (Wildman–Crippen MR) is 150 cm³/mol. The third-order valence-electron chi connectivity index (χ3n) is 7.54. The number of ketones is 1. The molecule has 0 bridgehead atoms. The SMILES string of the molecule is CSCC(=O)CCC1N(C(C)C)C(=O)c2c(O)c(=O)ccn2N1C1c2ccccc2CCc2ccccc21. The van der Waals surface area contributed by atoms with Gasteiger partial charge in [0.1, 0.15) is 11.9 Å². The van der Waals surface area contributed by atoms with E-state index in [9.17, 15) is 19.5 Å². The number of aryl methyl sites for hydroxylation is 2. The minimum absolute atomic E-state index is 0.0444. The van der Waals surface area contributed by atoms with E-state index in [-0.39, 0.29) is 23.6 Å². The van der Waals surface area contributed by atoms with Crippen LogP contribution in [0.1, 0.15) is 65.5 Å². The fourth-order valence-corrected chi connectivity index (χ4v) is 6.35. The van der Waals surface area contributed by atoms with E-state index in [0.717, 1.165) is 24.0 Å². The van der Waals surface area contributed by atoms with Gasteiger partial charge in [-0.05, 0) is 61.6 Å². The van der Waals surface area contributed by atoms with Crippen LogP contribution < -0.4 is 10.4 Å². The first-order valence-corrected chi connectivity index (χ1v) is 14.4. The quantitative estimate of drug-likeness (QED) is 0.490. The summed E-state index contributed by atoms with van der Waals surface area (Å²) in [5.41, 5.74) is 4.01. The zero-order valence-electron chi connectivity index (χ0n) is 22.0. The van der Waals surface area contributed by atoms with E-state index in [0.29, 0.717) is 18.6 Å². The van der Waals surface area contributed by atoms with Gasteiger partial charge in [-0.15, -0.1) is 0 Å². The largest absolute Gasteiger partial charge is 0.502 e. The summed E-state index contributed by atoms with van der Waals surface area (Å²) in [6, 6.07) is 17.4. The van der Waals surface area contributed by atoms with Crippen molar-refractivity contribution in [2.24, 2.45) is 0 Å². The number of thioether (sulfide) groups is 1. The number of hydrogen-bond acceptors (Lipinski definition) is 6. The zero-order valence-corrected chi connectivity index (χ0v) is 22.8. The fraction of sp³-hybridized carbons (Fsp3) is 0.367. The Labute approximate surface area is 227 Å². The van der Waals surface area contributed by atoms with Gasteiger partial charge in [0.15, 0.2) is 11.4 Å². The summed E-state index contributed by atoms with van der Waals surface area (Å²) in [4.78, 5) is 40.8. The van der Waals surface area contributed by atoms with Crippen LogP contribution in [0.15, 0.2) is 65.6 Å². The highest BCUT2D eigenvalue weighted by molar-refractivity contribution is 7.99. The number of benzene rings is 2. The van der Waals surface area contributed by atoms with Gasteiger partial charge >= 0.3 is 0 Å². The first kappa shape index (κ1) is 26.1. The molecule has 38 heavy (non-hydrogen) atoms. The number of amides is 1. The van der Waals surface area contributed by atoms with Crippen molar-refractivity contribution in [1.29, 1.82) is 0 Å². The summed E-state index contributed by atoms with van der Waals surface area (Å²) in [5.74, 6) is -0.422. The van der Waals surface area contributed by atoms with Crippen LogP contribution in [-0.4, -0.2) is 50.6 Å². The number of aromatic hydroxyl groups is 1. The third kappa shape index (κ3) is 4.51. The molecule has 198 valence electrons. The van der Waals surface area contributed by atoms with Gasteiger partial charge < -0.3 is 10.0 Å². The van der Waals surface area contributed by atoms with E-state index in [1.165, 1.54) is 29.0 Å². The Balaban J connectivity index is 1.79. The average molecular weight is 532 g/mol. The number of aromatic nitrogens is 1. The lowest BCUT2D eigenvalue weighted by Gasteiger charge is -2.51. The number of carbonyl (C=O) groups excluding carboxylic acids is 2. The Morgan fingerprint density at radius 2 is 1.61 bits per heavy atom. The van der Waals surface area contributed by atoms with Gasteiger partial charge in [-0.3, -0.25) is 24.1 Å². The highest BCUT2D eigenvalue weighted by atomic mass is 32.2. The highest BCUT2D eigenvalue weighted by Gasteiger charge is 2.45. The molecule has 7 nitrogen and oxygen atoms in total. The number of carbonyl (C=O) groups is 2. The van der Waals surface area contributed by atoms with Crippen LogP contribution in [0.4, 0.5) is 0 Å². The van der Waals surface area contributed by atoms with Crippen LogP contribution in [0.25, 0.3) is 0 Å². The monoisotopic (exact) mass is 531 g/mol. The van der Waals surface area contributed by atoms with Crippen molar-refractivity contribution >= 4 is 23.5 Å². The lowest BCUT2D eigenvalue weighted by Crippen LogP contribution is -2.64. The van der Waals surface area contributed by atoms with Gasteiger partial charge in [-0.2, -0.15) is 11.8 Å². The van der Waals surface area contributed by atoms with Crippen LogP contribution in [0.2, 0.25) is 0 Å². The maximum absolute atomic E-state index is 13.9. The van der Waals surface area contributed by atoms with Gasteiger partial charge in [0.05, 0.1) is 11.8 Å². The summed E-state index contributed by atoms with van der Waals surface area (Å²) >= 11 is 1.49. The summed E-state index contributed by atoms with van der Waals surface area (Å²) in [6.45, 7) is 3.85. The second-order valence-corrected chi connectivity index (χ2v) is 11.1. The molecule has 0 radical (unpaired) electrons. The Morgan fingerprint density at radius 3 is 2.18 bits per heavy atom. The summed E-state index contributed by atoms with van der Waals surface area (Å²) < 4.78 is 1.66. The second-order valence-electron chi connectivity index (χ2n) is 10.2. The highest BCUT2D eigenvalue weighted by Crippen LogP contribution is 2.41. The standard InChI is InChI=1S/C30H33N3O4S/c1-19(2)32-26(15-14-22(34)18-38-3)33(31-17-16-25(35)29(36)28(31)30(32)37)27-23-10-6-4-8-20(23)12-13-21-9-5-7-11-24(21)27/h4-11,16-17,19,26-27,36H,12-15,18H2,1-3H3. The molecule has 1 aliphatic carbocycles. The van der Waals surface area contributed by atoms with E-state index in [1.54, 1.807) is 15.8 Å². The second kappa shape index (κ2) is 10.7.